The van der Waals surface area contributed by atoms with Gasteiger partial charge in [-0.25, -0.2) is 4.39 Å². The van der Waals surface area contributed by atoms with Gasteiger partial charge in [-0.2, -0.15) is 0 Å². The fourth-order valence-electron chi connectivity index (χ4n) is 2.19. The van der Waals surface area contributed by atoms with Gasteiger partial charge in [0, 0.05) is 11.1 Å². The van der Waals surface area contributed by atoms with Crippen LogP contribution in [0.25, 0.3) is 0 Å². The van der Waals surface area contributed by atoms with Gasteiger partial charge in [-0.3, -0.25) is 20.4 Å². The maximum atomic E-state index is 13.6. The van der Waals surface area contributed by atoms with Gasteiger partial charge >= 0.3 is 0 Å². The largest absolute Gasteiger partial charge is 0.494 e. The molecular weight excluding hydrogens is 323 g/mol. The van der Waals surface area contributed by atoms with Gasteiger partial charge in [-0.1, -0.05) is 32.9 Å². The van der Waals surface area contributed by atoms with Gasteiger partial charge in [0.05, 0.1) is 7.11 Å². The molecular formula is C19H21FN2O3. The number of hydrazine groups is 1. The smallest absolute Gasteiger partial charge is 0.269 e. The summed E-state index contributed by atoms with van der Waals surface area (Å²) in [7, 11) is 1.34. The van der Waals surface area contributed by atoms with Crippen LogP contribution in [0.5, 0.6) is 5.75 Å². The summed E-state index contributed by atoms with van der Waals surface area (Å²) in [5.41, 5.74) is 6.14. The van der Waals surface area contributed by atoms with Crippen LogP contribution in [0.1, 0.15) is 47.1 Å². The van der Waals surface area contributed by atoms with Crippen molar-refractivity contribution in [1.29, 1.82) is 0 Å². The van der Waals surface area contributed by atoms with Gasteiger partial charge in [0.2, 0.25) is 0 Å². The van der Waals surface area contributed by atoms with Crippen molar-refractivity contribution in [3.8, 4) is 5.75 Å². The zero-order chi connectivity index (χ0) is 18.6. The van der Waals surface area contributed by atoms with Crippen molar-refractivity contribution in [1.82, 2.24) is 10.9 Å². The monoisotopic (exact) mass is 344 g/mol. The van der Waals surface area contributed by atoms with Crippen LogP contribution in [-0.2, 0) is 5.41 Å². The molecule has 2 rings (SSSR count). The molecule has 0 radical (unpaired) electrons. The number of nitrogens with one attached hydrogen (secondary N) is 2. The van der Waals surface area contributed by atoms with E-state index in [9.17, 15) is 14.0 Å². The van der Waals surface area contributed by atoms with Crippen molar-refractivity contribution in [2.45, 2.75) is 26.2 Å². The van der Waals surface area contributed by atoms with Crippen LogP contribution < -0.4 is 15.6 Å². The van der Waals surface area contributed by atoms with E-state index in [1.54, 1.807) is 12.1 Å². The topological polar surface area (TPSA) is 67.4 Å². The van der Waals surface area contributed by atoms with Crippen LogP contribution in [0, 0.1) is 5.82 Å². The third kappa shape index (κ3) is 4.56. The Kier molecular flexibility index (Phi) is 5.41. The fourth-order valence-corrected chi connectivity index (χ4v) is 2.19. The fraction of sp³-hybridized carbons (Fsp3) is 0.263. The maximum absolute atomic E-state index is 13.6. The van der Waals surface area contributed by atoms with Crippen molar-refractivity contribution < 1.29 is 18.7 Å². The Balaban J connectivity index is 1.99. The molecule has 0 aliphatic carbocycles. The van der Waals surface area contributed by atoms with Crippen molar-refractivity contribution in [2.24, 2.45) is 0 Å². The van der Waals surface area contributed by atoms with E-state index >= 15 is 0 Å². The van der Waals surface area contributed by atoms with Gasteiger partial charge in [0.15, 0.2) is 11.6 Å². The first kappa shape index (κ1) is 18.4. The van der Waals surface area contributed by atoms with Gasteiger partial charge in [-0.05, 0) is 41.3 Å². The Hall–Kier alpha value is -2.89. The predicted molar refractivity (Wildman–Crippen MR) is 93.0 cm³/mol. The Labute approximate surface area is 146 Å². The number of hydrogen-bond acceptors (Lipinski definition) is 3. The second-order valence-corrected chi connectivity index (χ2v) is 6.58. The summed E-state index contributed by atoms with van der Waals surface area (Å²) in [6, 6.07) is 10.9. The highest BCUT2D eigenvalue weighted by Gasteiger charge is 2.15. The molecule has 0 aliphatic rings. The number of ether oxygens (including phenoxy) is 1. The van der Waals surface area contributed by atoms with Crippen molar-refractivity contribution >= 4 is 11.8 Å². The highest BCUT2D eigenvalue weighted by Crippen LogP contribution is 2.22. The van der Waals surface area contributed by atoms with Crippen LogP contribution in [-0.4, -0.2) is 18.9 Å². The first-order valence-electron chi connectivity index (χ1n) is 7.77. The predicted octanol–water partition coefficient (Wildman–Crippen LogP) is 3.21. The average Bonchev–Trinajstić information content (AvgIpc) is 2.58. The molecule has 6 heteroatoms. The Morgan fingerprint density at radius 2 is 1.44 bits per heavy atom. The minimum atomic E-state index is -0.653. The third-order valence-corrected chi connectivity index (χ3v) is 3.72. The summed E-state index contributed by atoms with van der Waals surface area (Å²) < 4.78 is 18.4. The first-order valence-corrected chi connectivity index (χ1v) is 7.77. The summed E-state index contributed by atoms with van der Waals surface area (Å²) in [5, 5.41) is 0. The van der Waals surface area contributed by atoms with Crippen molar-refractivity contribution in [2.75, 3.05) is 7.11 Å². The van der Waals surface area contributed by atoms with Gasteiger partial charge in [0.25, 0.3) is 11.8 Å². The minimum absolute atomic E-state index is 0.0122. The highest BCUT2D eigenvalue weighted by atomic mass is 19.1. The highest BCUT2D eigenvalue weighted by molar-refractivity contribution is 5.99. The summed E-state index contributed by atoms with van der Waals surface area (Å²) in [4.78, 5) is 24.1. The minimum Gasteiger partial charge on any atom is -0.494 e. The number of hydrogen-bond donors (Lipinski definition) is 2. The van der Waals surface area contributed by atoms with E-state index in [0.29, 0.717) is 5.56 Å². The lowest BCUT2D eigenvalue weighted by molar-refractivity contribution is 0.0846. The number of methoxy groups -OCH3 is 1. The Morgan fingerprint density at radius 1 is 0.920 bits per heavy atom. The van der Waals surface area contributed by atoms with E-state index < -0.39 is 17.6 Å². The van der Waals surface area contributed by atoms with Crippen LogP contribution in [0.4, 0.5) is 4.39 Å². The van der Waals surface area contributed by atoms with E-state index in [1.807, 2.05) is 12.1 Å². The molecule has 0 saturated heterocycles. The normalized spacial score (nSPS) is 10.9. The SMILES string of the molecule is COc1ccc(C(=O)NNC(=O)c2ccc(C(C)(C)C)cc2)cc1F. The lowest BCUT2D eigenvalue weighted by atomic mass is 9.87. The van der Waals surface area contributed by atoms with E-state index in [2.05, 4.69) is 31.6 Å². The van der Waals surface area contributed by atoms with Crippen LogP contribution in [0.3, 0.4) is 0 Å². The maximum Gasteiger partial charge on any atom is 0.269 e. The molecule has 5 nitrogen and oxygen atoms in total. The molecule has 0 unspecified atom stereocenters. The number of rotatable bonds is 3. The average molecular weight is 344 g/mol. The second kappa shape index (κ2) is 7.34. The number of carbonyl (C=O) groups is 2. The number of carbonyl (C=O) groups excluding carboxylic acids is 2. The standard InChI is InChI=1S/C19H21FN2O3/c1-19(2,3)14-8-5-12(6-9-14)17(23)21-22-18(24)13-7-10-16(25-4)15(20)11-13/h5-11H,1-4H3,(H,21,23)(H,22,24). The second-order valence-electron chi connectivity index (χ2n) is 6.58. The molecule has 0 aromatic heterocycles. The van der Waals surface area contributed by atoms with E-state index in [1.165, 1.54) is 19.2 Å². The van der Waals surface area contributed by atoms with Crippen molar-refractivity contribution in [3.05, 3.63) is 65.0 Å². The summed E-state index contributed by atoms with van der Waals surface area (Å²) >= 11 is 0. The number of benzene rings is 2. The Bertz CT molecular complexity index is 780. The molecule has 0 aliphatic heterocycles. The molecule has 0 atom stereocenters. The van der Waals surface area contributed by atoms with E-state index in [4.69, 9.17) is 4.74 Å². The van der Waals surface area contributed by atoms with Gasteiger partial charge in [-0.15, -0.1) is 0 Å². The van der Waals surface area contributed by atoms with Crippen LogP contribution in [0.15, 0.2) is 42.5 Å². The summed E-state index contributed by atoms with van der Waals surface area (Å²) in [6.45, 7) is 6.24. The Morgan fingerprint density at radius 3 is 1.92 bits per heavy atom. The zero-order valence-electron chi connectivity index (χ0n) is 14.6. The zero-order valence-corrected chi connectivity index (χ0v) is 14.6. The molecule has 2 aromatic carbocycles. The van der Waals surface area contributed by atoms with Crippen LogP contribution >= 0.6 is 0 Å². The molecule has 2 N–H and O–H groups in total. The molecule has 25 heavy (non-hydrogen) atoms. The molecule has 132 valence electrons. The third-order valence-electron chi connectivity index (χ3n) is 3.72. The number of halogens is 1. The molecule has 0 bridgehead atoms. The molecule has 0 spiro atoms. The van der Waals surface area contributed by atoms with Gasteiger partial charge < -0.3 is 4.74 Å². The molecule has 0 fully saturated rings. The van der Waals surface area contributed by atoms with Gasteiger partial charge in [0.1, 0.15) is 0 Å². The van der Waals surface area contributed by atoms with E-state index in [0.717, 1.165) is 11.6 Å². The quantitative estimate of drug-likeness (QED) is 0.840. The lowest BCUT2D eigenvalue weighted by Gasteiger charge is -2.19. The molecule has 2 amide bonds. The molecule has 0 heterocycles. The number of amides is 2. The molecule has 0 saturated carbocycles. The lowest BCUT2D eigenvalue weighted by Crippen LogP contribution is -2.41. The first-order chi connectivity index (χ1) is 11.7. The van der Waals surface area contributed by atoms with Crippen LogP contribution in [0.2, 0.25) is 0 Å². The summed E-state index contributed by atoms with van der Waals surface area (Å²) in [6.07, 6.45) is 0. The summed E-state index contributed by atoms with van der Waals surface area (Å²) in [5.74, 6) is -1.69. The van der Waals surface area contributed by atoms with E-state index in [-0.39, 0.29) is 16.7 Å². The van der Waals surface area contributed by atoms with Crippen molar-refractivity contribution in [3.63, 3.8) is 0 Å². The molecule has 2 aromatic rings.